The minimum atomic E-state index is -3.59. The first-order valence-corrected chi connectivity index (χ1v) is 6.42. The molecule has 0 heterocycles. The van der Waals surface area contributed by atoms with E-state index in [1.54, 1.807) is 6.07 Å². The van der Waals surface area contributed by atoms with Gasteiger partial charge in [0.2, 0.25) is 10.0 Å². The molecule has 2 N–H and O–H groups in total. The third-order valence-electron chi connectivity index (χ3n) is 2.03. The number of sulfonamides is 1. The Morgan fingerprint density at radius 1 is 1.35 bits per heavy atom. The van der Waals surface area contributed by atoms with Crippen LogP contribution in [0.15, 0.2) is 24.3 Å². The molecule has 0 fully saturated rings. The van der Waals surface area contributed by atoms with Crippen molar-refractivity contribution in [2.45, 2.75) is 6.54 Å². The van der Waals surface area contributed by atoms with Gasteiger partial charge in [0, 0.05) is 18.2 Å². The van der Waals surface area contributed by atoms with E-state index in [1.165, 1.54) is 18.2 Å². The Bertz CT molecular complexity index is 500. The molecule has 1 aromatic carbocycles. The molecule has 8 heteroatoms. The summed E-state index contributed by atoms with van der Waals surface area (Å²) in [5, 5.41) is 19.2. The van der Waals surface area contributed by atoms with E-state index < -0.39 is 27.3 Å². The highest BCUT2D eigenvalue weighted by molar-refractivity contribution is 7.89. The van der Waals surface area contributed by atoms with Crippen molar-refractivity contribution in [1.29, 1.82) is 0 Å². The second-order valence-corrected chi connectivity index (χ2v) is 5.18. The van der Waals surface area contributed by atoms with Crippen molar-refractivity contribution in [2.75, 3.05) is 12.4 Å². The quantitative estimate of drug-likeness (QED) is 0.553. The average molecular weight is 260 g/mol. The highest BCUT2D eigenvalue weighted by Crippen LogP contribution is 2.17. The minimum absolute atomic E-state index is 0.140. The van der Waals surface area contributed by atoms with Gasteiger partial charge in [0.1, 0.15) is 0 Å². The fourth-order valence-electron chi connectivity index (χ4n) is 1.22. The second-order valence-electron chi connectivity index (χ2n) is 3.25. The molecule has 1 aromatic rings. The topological polar surface area (TPSA) is 110 Å². The predicted molar refractivity (Wildman–Crippen MR) is 60.8 cm³/mol. The van der Waals surface area contributed by atoms with Gasteiger partial charge in [-0.2, -0.15) is 0 Å². The van der Waals surface area contributed by atoms with E-state index in [2.05, 4.69) is 4.72 Å². The zero-order chi connectivity index (χ0) is 12.9. The van der Waals surface area contributed by atoms with Gasteiger partial charge in [-0.05, 0) is 0 Å². The Morgan fingerprint density at radius 3 is 2.59 bits per heavy atom. The molecule has 17 heavy (non-hydrogen) atoms. The van der Waals surface area contributed by atoms with Crippen molar-refractivity contribution in [3.8, 4) is 0 Å². The zero-order valence-corrected chi connectivity index (χ0v) is 9.68. The monoisotopic (exact) mass is 260 g/mol. The summed E-state index contributed by atoms with van der Waals surface area (Å²) in [5.41, 5.74) is 0.137. The van der Waals surface area contributed by atoms with E-state index in [-0.39, 0.29) is 17.8 Å². The molecule has 0 aliphatic rings. The molecule has 0 aliphatic heterocycles. The molecule has 0 aliphatic carbocycles. The Hall–Kier alpha value is -1.51. The van der Waals surface area contributed by atoms with Gasteiger partial charge < -0.3 is 5.11 Å². The van der Waals surface area contributed by atoms with Gasteiger partial charge in [0.15, 0.2) is 0 Å². The van der Waals surface area contributed by atoms with Gasteiger partial charge in [-0.15, -0.1) is 0 Å². The summed E-state index contributed by atoms with van der Waals surface area (Å²) in [6.45, 7) is -0.661. The number of para-hydroxylation sites is 1. The summed E-state index contributed by atoms with van der Waals surface area (Å²) in [6.07, 6.45) is 0. The predicted octanol–water partition coefficient (Wildman–Crippen LogP) is 0.00650. The number of rotatable bonds is 6. The number of nitrogens with one attached hydrogen (secondary N) is 1. The van der Waals surface area contributed by atoms with Crippen molar-refractivity contribution >= 4 is 15.7 Å². The largest absolute Gasteiger partial charge is 0.395 e. The van der Waals surface area contributed by atoms with Crippen LogP contribution in [-0.2, 0) is 16.6 Å². The van der Waals surface area contributed by atoms with Crippen LogP contribution in [0.3, 0.4) is 0 Å². The number of nitrogens with zero attached hydrogens (tertiary/aromatic N) is 1. The van der Waals surface area contributed by atoms with E-state index in [4.69, 9.17) is 5.11 Å². The normalized spacial score (nSPS) is 11.4. The first kappa shape index (κ1) is 13.6. The number of benzene rings is 1. The number of hydrogen-bond donors (Lipinski definition) is 2. The van der Waals surface area contributed by atoms with Crippen LogP contribution in [0.25, 0.3) is 0 Å². The van der Waals surface area contributed by atoms with Crippen molar-refractivity contribution < 1.29 is 18.4 Å². The molecule has 1 rings (SSSR count). The van der Waals surface area contributed by atoms with E-state index >= 15 is 0 Å². The SMILES string of the molecule is O=[N+]([O-])c1ccccc1CNS(=O)(=O)CCO. The van der Waals surface area contributed by atoms with Crippen LogP contribution in [0.5, 0.6) is 0 Å². The lowest BCUT2D eigenvalue weighted by molar-refractivity contribution is -0.385. The maximum Gasteiger partial charge on any atom is 0.273 e. The minimum Gasteiger partial charge on any atom is -0.395 e. The highest BCUT2D eigenvalue weighted by atomic mass is 32.2. The molecule has 0 spiro atoms. The van der Waals surface area contributed by atoms with Gasteiger partial charge >= 0.3 is 0 Å². The zero-order valence-electron chi connectivity index (χ0n) is 8.87. The van der Waals surface area contributed by atoms with Crippen molar-refractivity contribution in [2.24, 2.45) is 0 Å². The van der Waals surface area contributed by atoms with Crippen molar-refractivity contribution in [3.63, 3.8) is 0 Å². The summed E-state index contributed by atoms with van der Waals surface area (Å²) in [4.78, 5) is 10.1. The Morgan fingerprint density at radius 2 is 2.00 bits per heavy atom. The fraction of sp³-hybridized carbons (Fsp3) is 0.333. The number of nitro benzene ring substituents is 1. The number of aliphatic hydroxyl groups is 1. The Kier molecular flexibility index (Phi) is 4.55. The van der Waals surface area contributed by atoms with Gasteiger partial charge in [-0.25, -0.2) is 13.1 Å². The lowest BCUT2D eigenvalue weighted by Crippen LogP contribution is -2.27. The smallest absolute Gasteiger partial charge is 0.273 e. The summed E-state index contributed by atoms with van der Waals surface area (Å²) < 4.78 is 24.7. The maximum absolute atomic E-state index is 11.2. The molecule has 0 aromatic heterocycles. The van der Waals surface area contributed by atoms with Crippen LogP contribution in [0.2, 0.25) is 0 Å². The average Bonchev–Trinajstić information content (AvgIpc) is 2.27. The lowest BCUT2D eigenvalue weighted by Gasteiger charge is -2.05. The fourth-order valence-corrected chi connectivity index (χ4v) is 1.98. The first-order chi connectivity index (χ1) is 7.96. The molecular weight excluding hydrogens is 248 g/mol. The second kappa shape index (κ2) is 5.71. The Labute approximate surface area is 98.3 Å². The summed E-state index contributed by atoms with van der Waals surface area (Å²) in [5.74, 6) is -0.423. The molecular formula is C9H12N2O5S. The van der Waals surface area contributed by atoms with Gasteiger partial charge in [0.05, 0.1) is 17.3 Å². The number of hydrogen-bond acceptors (Lipinski definition) is 5. The van der Waals surface area contributed by atoms with Gasteiger partial charge in [-0.3, -0.25) is 10.1 Å². The van der Waals surface area contributed by atoms with Crippen molar-refractivity contribution in [3.05, 3.63) is 39.9 Å². The molecule has 0 amide bonds. The van der Waals surface area contributed by atoms with Crippen LogP contribution >= 0.6 is 0 Å². The highest BCUT2D eigenvalue weighted by Gasteiger charge is 2.15. The number of nitro groups is 1. The maximum atomic E-state index is 11.2. The standard InChI is InChI=1S/C9H12N2O5S/c12-5-6-17(15,16)10-7-8-3-1-2-4-9(8)11(13)14/h1-4,10,12H,5-7H2. The molecule has 7 nitrogen and oxygen atoms in total. The molecule has 0 saturated heterocycles. The summed E-state index contributed by atoms with van der Waals surface area (Å²) in [6, 6.07) is 5.86. The summed E-state index contributed by atoms with van der Waals surface area (Å²) >= 11 is 0. The summed E-state index contributed by atoms with van der Waals surface area (Å²) in [7, 11) is -3.59. The van der Waals surface area contributed by atoms with Crippen LogP contribution in [0.4, 0.5) is 5.69 Å². The molecule has 0 bridgehead atoms. The lowest BCUT2D eigenvalue weighted by atomic mass is 10.2. The van der Waals surface area contributed by atoms with Crippen molar-refractivity contribution in [1.82, 2.24) is 4.72 Å². The van der Waals surface area contributed by atoms with E-state index in [1.807, 2.05) is 0 Å². The first-order valence-electron chi connectivity index (χ1n) is 4.77. The van der Waals surface area contributed by atoms with Crippen LogP contribution in [0, 0.1) is 10.1 Å². The molecule has 0 atom stereocenters. The number of aliphatic hydroxyl groups excluding tert-OH is 1. The third-order valence-corrected chi connectivity index (χ3v) is 3.34. The molecule has 0 unspecified atom stereocenters. The molecule has 0 saturated carbocycles. The van der Waals surface area contributed by atoms with E-state index in [0.717, 1.165) is 0 Å². The van der Waals surface area contributed by atoms with Gasteiger partial charge in [0.25, 0.3) is 5.69 Å². The van der Waals surface area contributed by atoms with E-state index in [0.29, 0.717) is 0 Å². The molecule has 0 radical (unpaired) electrons. The van der Waals surface area contributed by atoms with Gasteiger partial charge in [-0.1, -0.05) is 18.2 Å². The molecule has 94 valence electrons. The van der Waals surface area contributed by atoms with Crippen LogP contribution in [0.1, 0.15) is 5.56 Å². The van der Waals surface area contributed by atoms with Crippen LogP contribution in [-0.4, -0.2) is 30.8 Å². The third kappa shape index (κ3) is 4.10. The van der Waals surface area contributed by atoms with Crippen LogP contribution < -0.4 is 4.72 Å². The van der Waals surface area contributed by atoms with E-state index in [9.17, 15) is 18.5 Å². The Balaban J connectivity index is 2.80.